The maximum absolute atomic E-state index is 12.7. The molecule has 2 unspecified atom stereocenters. The number of fused-ring (bicyclic) bond motifs is 3. The second-order valence-electron chi connectivity index (χ2n) is 8.78. The summed E-state index contributed by atoms with van der Waals surface area (Å²) in [4.78, 5) is 37.7. The van der Waals surface area contributed by atoms with Crippen molar-refractivity contribution in [1.82, 2.24) is 10.2 Å². The van der Waals surface area contributed by atoms with Crippen LogP contribution in [-0.2, 0) is 14.3 Å². The van der Waals surface area contributed by atoms with Gasteiger partial charge in [-0.1, -0.05) is 55.0 Å². The lowest BCUT2D eigenvalue weighted by Crippen LogP contribution is -2.45. The number of likely N-dealkylation sites (N-methyl/N-ethyl adjacent to an activating group) is 1. The Morgan fingerprint density at radius 3 is 2.27 bits per heavy atom. The average Bonchev–Trinajstić information content (AvgIpc) is 3.14. The summed E-state index contributed by atoms with van der Waals surface area (Å²) < 4.78 is 5.64. The van der Waals surface area contributed by atoms with Gasteiger partial charge in [-0.05, 0) is 48.4 Å². The van der Waals surface area contributed by atoms with Crippen molar-refractivity contribution in [2.75, 3.05) is 19.7 Å². The van der Waals surface area contributed by atoms with Crippen molar-refractivity contribution in [3.63, 3.8) is 0 Å². The number of carbonyl (C=O) groups is 3. The van der Waals surface area contributed by atoms with Crippen molar-refractivity contribution in [2.24, 2.45) is 5.92 Å². The van der Waals surface area contributed by atoms with Gasteiger partial charge in [0.1, 0.15) is 13.2 Å². The van der Waals surface area contributed by atoms with Crippen LogP contribution >= 0.6 is 0 Å². The minimum atomic E-state index is -1.02. The number of hydrogen-bond acceptors (Lipinski definition) is 4. The molecular weight excluding hydrogens is 420 g/mol. The Balaban J connectivity index is 1.34. The molecule has 1 fully saturated rings. The van der Waals surface area contributed by atoms with Crippen molar-refractivity contribution in [3.05, 3.63) is 59.7 Å². The Hall–Kier alpha value is -3.35. The molecule has 7 heteroatoms. The molecule has 0 radical (unpaired) electrons. The minimum absolute atomic E-state index is 0.00189. The first-order chi connectivity index (χ1) is 16.0. The lowest BCUT2D eigenvalue weighted by molar-refractivity contribution is -0.146. The standard InChI is InChI=1S/C26H30N2O5/c1-2-28(15-24(29)30)25(31)17-8-7-9-18(14-17)27-26(32)33-16-23-21-12-5-3-10-19(21)20-11-4-6-13-22(20)23/h3-6,10-13,17-18,23H,2,7-9,14-16H2,1H3,(H,27,32)(H,29,30). The monoisotopic (exact) mass is 450 g/mol. The number of amides is 2. The Morgan fingerprint density at radius 1 is 1.03 bits per heavy atom. The van der Waals surface area contributed by atoms with Gasteiger partial charge in [-0.3, -0.25) is 9.59 Å². The van der Waals surface area contributed by atoms with E-state index in [2.05, 4.69) is 29.6 Å². The van der Waals surface area contributed by atoms with E-state index in [-0.39, 0.29) is 36.9 Å². The zero-order chi connectivity index (χ0) is 23.4. The fourth-order valence-corrected chi connectivity index (χ4v) is 5.12. The Kier molecular flexibility index (Phi) is 6.96. The molecule has 2 aliphatic carbocycles. The van der Waals surface area contributed by atoms with Crippen molar-refractivity contribution in [2.45, 2.75) is 44.6 Å². The molecule has 7 nitrogen and oxygen atoms in total. The summed E-state index contributed by atoms with van der Waals surface area (Å²) in [7, 11) is 0. The van der Waals surface area contributed by atoms with Crippen LogP contribution in [0.4, 0.5) is 4.79 Å². The van der Waals surface area contributed by atoms with Gasteiger partial charge in [-0.2, -0.15) is 0 Å². The summed E-state index contributed by atoms with van der Waals surface area (Å²) in [6, 6.07) is 16.2. The van der Waals surface area contributed by atoms with E-state index >= 15 is 0 Å². The van der Waals surface area contributed by atoms with E-state index < -0.39 is 12.1 Å². The number of aliphatic carboxylic acids is 1. The van der Waals surface area contributed by atoms with Gasteiger partial charge in [0.2, 0.25) is 5.91 Å². The highest BCUT2D eigenvalue weighted by Crippen LogP contribution is 2.44. The number of nitrogens with zero attached hydrogens (tertiary/aromatic N) is 1. The number of alkyl carbamates (subject to hydrolysis) is 1. The molecule has 2 atom stereocenters. The topological polar surface area (TPSA) is 95.9 Å². The maximum Gasteiger partial charge on any atom is 0.407 e. The van der Waals surface area contributed by atoms with E-state index in [9.17, 15) is 14.4 Å². The van der Waals surface area contributed by atoms with Crippen LogP contribution < -0.4 is 5.32 Å². The number of carboxylic acids is 1. The van der Waals surface area contributed by atoms with E-state index in [1.165, 1.54) is 16.0 Å². The van der Waals surface area contributed by atoms with Crippen LogP contribution in [0.5, 0.6) is 0 Å². The molecule has 0 saturated heterocycles. The molecule has 0 aliphatic heterocycles. The van der Waals surface area contributed by atoms with E-state index in [0.29, 0.717) is 19.4 Å². The molecule has 2 aromatic rings. The number of carboxylic acid groups (broad SMARTS) is 1. The Bertz CT molecular complexity index is 991. The molecule has 0 bridgehead atoms. The average molecular weight is 451 g/mol. The van der Waals surface area contributed by atoms with Crippen LogP contribution in [0.25, 0.3) is 11.1 Å². The highest BCUT2D eigenvalue weighted by Gasteiger charge is 2.32. The van der Waals surface area contributed by atoms with Crippen LogP contribution in [0.1, 0.15) is 49.7 Å². The van der Waals surface area contributed by atoms with Crippen LogP contribution in [0.2, 0.25) is 0 Å². The zero-order valence-corrected chi connectivity index (χ0v) is 18.8. The molecule has 4 rings (SSSR count). The normalized spacial score (nSPS) is 19.3. The molecule has 174 valence electrons. The predicted octanol–water partition coefficient (Wildman–Crippen LogP) is 4.02. The quantitative estimate of drug-likeness (QED) is 0.664. The van der Waals surface area contributed by atoms with E-state index in [1.54, 1.807) is 6.92 Å². The molecule has 0 heterocycles. The van der Waals surface area contributed by atoms with Crippen molar-refractivity contribution in [3.8, 4) is 11.1 Å². The number of nitrogens with one attached hydrogen (secondary N) is 1. The lowest BCUT2D eigenvalue weighted by atomic mass is 9.85. The van der Waals surface area contributed by atoms with Gasteiger partial charge in [-0.15, -0.1) is 0 Å². The van der Waals surface area contributed by atoms with E-state index in [4.69, 9.17) is 9.84 Å². The molecular formula is C26H30N2O5. The van der Waals surface area contributed by atoms with Crippen molar-refractivity contribution < 1.29 is 24.2 Å². The van der Waals surface area contributed by atoms with Crippen LogP contribution in [-0.4, -0.2) is 53.7 Å². The van der Waals surface area contributed by atoms with Gasteiger partial charge >= 0.3 is 12.1 Å². The molecule has 2 aliphatic rings. The molecule has 2 amide bonds. The second-order valence-corrected chi connectivity index (χ2v) is 8.78. The van der Waals surface area contributed by atoms with E-state index in [1.807, 2.05) is 24.3 Å². The Morgan fingerprint density at radius 2 is 1.67 bits per heavy atom. The first-order valence-electron chi connectivity index (χ1n) is 11.6. The number of ether oxygens (including phenoxy) is 1. The summed E-state index contributed by atoms with van der Waals surface area (Å²) in [5.74, 6) is -1.46. The third-order valence-electron chi connectivity index (χ3n) is 6.71. The molecule has 0 spiro atoms. The molecule has 33 heavy (non-hydrogen) atoms. The Labute approximate surface area is 193 Å². The van der Waals surface area contributed by atoms with Gasteiger partial charge in [0, 0.05) is 24.4 Å². The van der Waals surface area contributed by atoms with Gasteiger partial charge in [0.05, 0.1) is 0 Å². The highest BCUT2D eigenvalue weighted by atomic mass is 16.5. The highest BCUT2D eigenvalue weighted by molar-refractivity contribution is 5.83. The molecule has 0 aromatic heterocycles. The SMILES string of the molecule is CCN(CC(=O)O)C(=O)C1CCCC(NC(=O)OCC2c3ccccc3-c3ccccc32)C1. The number of rotatable bonds is 7. The number of benzene rings is 2. The summed E-state index contributed by atoms with van der Waals surface area (Å²) in [6.45, 7) is 2.08. The smallest absolute Gasteiger partial charge is 0.407 e. The predicted molar refractivity (Wildman–Crippen MR) is 124 cm³/mol. The number of carbonyl (C=O) groups excluding carboxylic acids is 2. The third-order valence-corrected chi connectivity index (χ3v) is 6.71. The zero-order valence-electron chi connectivity index (χ0n) is 18.8. The number of hydrogen-bond donors (Lipinski definition) is 2. The molecule has 2 N–H and O–H groups in total. The van der Waals surface area contributed by atoms with Gasteiger partial charge in [0.25, 0.3) is 0 Å². The second kappa shape index (κ2) is 10.1. The summed E-state index contributed by atoms with van der Waals surface area (Å²) in [6.07, 6.45) is 2.30. The third kappa shape index (κ3) is 5.02. The fourth-order valence-electron chi connectivity index (χ4n) is 5.12. The minimum Gasteiger partial charge on any atom is -0.480 e. The largest absolute Gasteiger partial charge is 0.480 e. The summed E-state index contributed by atoms with van der Waals surface area (Å²) in [5.41, 5.74) is 4.68. The first kappa shape index (κ1) is 22.8. The van der Waals surface area contributed by atoms with Crippen LogP contribution in [0.15, 0.2) is 48.5 Å². The van der Waals surface area contributed by atoms with E-state index in [0.717, 1.165) is 24.0 Å². The van der Waals surface area contributed by atoms with Crippen LogP contribution in [0, 0.1) is 5.92 Å². The summed E-state index contributed by atoms with van der Waals surface area (Å²) >= 11 is 0. The fraction of sp³-hybridized carbons (Fsp3) is 0.423. The molecule has 2 aromatic carbocycles. The van der Waals surface area contributed by atoms with Gasteiger partial charge in [0.15, 0.2) is 0 Å². The van der Waals surface area contributed by atoms with Crippen molar-refractivity contribution >= 4 is 18.0 Å². The molecule has 1 saturated carbocycles. The first-order valence-corrected chi connectivity index (χ1v) is 11.6. The van der Waals surface area contributed by atoms with Crippen molar-refractivity contribution in [1.29, 1.82) is 0 Å². The summed E-state index contributed by atoms with van der Waals surface area (Å²) in [5, 5.41) is 12.0. The van der Waals surface area contributed by atoms with Gasteiger partial charge < -0.3 is 20.1 Å². The van der Waals surface area contributed by atoms with Gasteiger partial charge in [-0.25, -0.2) is 4.79 Å². The lowest BCUT2D eigenvalue weighted by Gasteiger charge is -2.32. The maximum atomic E-state index is 12.7. The van der Waals surface area contributed by atoms with Crippen LogP contribution in [0.3, 0.4) is 0 Å².